The maximum absolute atomic E-state index is 5.71. The number of hydrogen-bond acceptors (Lipinski definition) is 2. The molecule has 0 amide bonds. The van der Waals surface area contributed by atoms with Gasteiger partial charge in [0.1, 0.15) is 0 Å². The summed E-state index contributed by atoms with van der Waals surface area (Å²) < 4.78 is 0. The van der Waals surface area contributed by atoms with E-state index in [2.05, 4.69) is 37.5 Å². The lowest BCUT2D eigenvalue weighted by Gasteiger charge is -2.22. The van der Waals surface area contributed by atoms with Crippen molar-refractivity contribution >= 4 is 5.69 Å². The van der Waals surface area contributed by atoms with Gasteiger partial charge >= 0.3 is 0 Å². The van der Waals surface area contributed by atoms with Gasteiger partial charge in [0, 0.05) is 12.2 Å². The number of hydrogen-bond donors (Lipinski definition) is 1. The van der Waals surface area contributed by atoms with Crippen LogP contribution in [0.15, 0.2) is 36.9 Å². The number of benzene rings is 1. The minimum atomic E-state index is 0.578. The van der Waals surface area contributed by atoms with Crippen molar-refractivity contribution in [3.63, 3.8) is 0 Å². The average molecular weight is 246 g/mol. The number of rotatable bonds is 8. The molecule has 18 heavy (non-hydrogen) atoms. The maximum atomic E-state index is 5.71. The van der Waals surface area contributed by atoms with E-state index in [1.54, 1.807) is 0 Å². The third-order valence-corrected chi connectivity index (χ3v) is 3.31. The zero-order chi connectivity index (χ0) is 13.4. The van der Waals surface area contributed by atoms with Crippen molar-refractivity contribution in [1.29, 1.82) is 0 Å². The van der Waals surface area contributed by atoms with Crippen molar-refractivity contribution in [3.05, 3.63) is 42.5 Å². The van der Waals surface area contributed by atoms with Crippen LogP contribution in [-0.4, -0.2) is 24.5 Å². The lowest BCUT2D eigenvalue weighted by Crippen LogP contribution is -2.26. The number of nitrogens with zero attached hydrogens (tertiary/aromatic N) is 1. The molecule has 0 saturated carbocycles. The molecule has 0 fully saturated rings. The van der Waals surface area contributed by atoms with Crippen molar-refractivity contribution < 1.29 is 0 Å². The summed E-state index contributed by atoms with van der Waals surface area (Å²) in [6.45, 7) is 11.6. The highest BCUT2D eigenvalue weighted by Gasteiger charge is 2.08. The second kappa shape index (κ2) is 7.93. The van der Waals surface area contributed by atoms with Crippen molar-refractivity contribution in [1.82, 2.24) is 4.90 Å². The summed E-state index contributed by atoms with van der Waals surface area (Å²) in [4.78, 5) is 2.46. The number of nitrogen functional groups attached to an aromatic ring is 1. The second-order valence-electron chi connectivity index (χ2n) is 4.95. The van der Waals surface area contributed by atoms with Gasteiger partial charge in [0.25, 0.3) is 0 Å². The molecule has 1 aromatic carbocycles. The summed E-state index contributed by atoms with van der Waals surface area (Å²) >= 11 is 0. The highest BCUT2D eigenvalue weighted by molar-refractivity contribution is 5.40. The maximum Gasteiger partial charge on any atom is 0.0314 e. The van der Waals surface area contributed by atoms with E-state index in [0.29, 0.717) is 5.92 Å². The first-order valence-electron chi connectivity index (χ1n) is 6.86. The summed E-state index contributed by atoms with van der Waals surface area (Å²) in [5.41, 5.74) is 7.92. The zero-order valence-electron chi connectivity index (χ0n) is 11.7. The van der Waals surface area contributed by atoms with Crippen LogP contribution in [0.1, 0.15) is 38.2 Å². The smallest absolute Gasteiger partial charge is 0.0314 e. The fourth-order valence-corrected chi connectivity index (χ4v) is 2.16. The minimum Gasteiger partial charge on any atom is -0.399 e. The molecule has 0 aromatic heterocycles. The lowest BCUT2D eigenvalue weighted by atomic mass is 9.97. The molecule has 0 radical (unpaired) electrons. The van der Waals surface area contributed by atoms with Crippen LogP contribution < -0.4 is 5.73 Å². The molecule has 0 aliphatic rings. The molecule has 0 spiro atoms. The Kier molecular flexibility index (Phi) is 6.51. The minimum absolute atomic E-state index is 0.578. The van der Waals surface area contributed by atoms with E-state index in [1.807, 2.05) is 18.2 Å². The molecule has 1 rings (SSSR count). The molecule has 1 atom stereocenters. The second-order valence-corrected chi connectivity index (χ2v) is 4.95. The van der Waals surface area contributed by atoms with Gasteiger partial charge in [-0.05, 0) is 49.5 Å². The van der Waals surface area contributed by atoms with E-state index in [1.165, 1.54) is 18.4 Å². The van der Waals surface area contributed by atoms with Gasteiger partial charge in [0.05, 0.1) is 0 Å². The largest absolute Gasteiger partial charge is 0.399 e. The molecule has 0 heterocycles. The Hall–Kier alpha value is -1.28. The highest BCUT2D eigenvalue weighted by atomic mass is 15.1. The SMILES string of the molecule is C=CCN(CCC)CCC(C)c1ccc(N)cc1. The Balaban J connectivity index is 2.45. The zero-order valence-corrected chi connectivity index (χ0v) is 11.7. The predicted octanol–water partition coefficient (Wildman–Crippen LogP) is 3.66. The van der Waals surface area contributed by atoms with Crippen LogP contribution in [-0.2, 0) is 0 Å². The summed E-state index contributed by atoms with van der Waals surface area (Å²) in [6, 6.07) is 8.24. The summed E-state index contributed by atoms with van der Waals surface area (Å²) in [7, 11) is 0. The van der Waals surface area contributed by atoms with Crippen LogP contribution in [0, 0.1) is 0 Å². The van der Waals surface area contributed by atoms with Crippen LogP contribution in [0.3, 0.4) is 0 Å². The number of anilines is 1. The van der Waals surface area contributed by atoms with Gasteiger partial charge in [0.15, 0.2) is 0 Å². The van der Waals surface area contributed by atoms with Crippen molar-refractivity contribution in [3.8, 4) is 0 Å². The van der Waals surface area contributed by atoms with Gasteiger partial charge in [-0.1, -0.05) is 32.1 Å². The molecular weight excluding hydrogens is 220 g/mol. The van der Waals surface area contributed by atoms with Gasteiger partial charge in [0.2, 0.25) is 0 Å². The molecule has 0 saturated heterocycles. The third-order valence-electron chi connectivity index (χ3n) is 3.31. The Morgan fingerprint density at radius 1 is 1.28 bits per heavy atom. The van der Waals surface area contributed by atoms with Gasteiger partial charge in [-0.2, -0.15) is 0 Å². The van der Waals surface area contributed by atoms with Crippen LogP contribution in [0.4, 0.5) is 5.69 Å². The lowest BCUT2D eigenvalue weighted by molar-refractivity contribution is 0.292. The van der Waals surface area contributed by atoms with Crippen molar-refractivity contribution in [2.45, 2.75) is 32.6 Å². The average Bonchev–Trinajstić information content (AvgIpc) is 2.37. The number of nitrogens with two attached hydrogens (primary N) is 1. The highest BCUT2D eigenvalue weighted by Crippen LogP contribution is 2.20. The Morgan fingerprint density at radius 2 is 1.94 bits per heavy atom. The molecule has 1 aromatic rings. The van der Waals surface area contributed by atoms with Crippen molar-refractivity contribution in [2.24, 2.45) is 0 Å². The van der Waals surface area contributed by atoms with Crippen LogP contribution >= 0.6 is 0 Å². The molecule has 1 unspecified atom stereocenters. The Morgan fingerprint density at radius 3 is 2.50 bits per heavy atom. The summed E-state index contributed by atoms with van der Waals surface area (Å²) in [6.07, 6.45) is 4.37. The quantitative estimate of drug-likeness (QED) is 0.560. The summed E-state index contributed by atoms with van der Waals surface area (Å²) in [5.74, 6) is 0.578. The van der Waals surface area contributed by atoms with Gasteiger partial charge < -0.3 is 5.73 Å². The molecule has 0 aliphatic carbocycles. The fraction of sp³-hybridized carbons (Fsp3) is 0.500. The molecule has 0 aliphatic heterocycles. The van der Waals surface area contributed by atoms with E-state index in [4.69, 9.17) is 5.73 Å². The first kappa shape index (κ1) is 14.8. The summed E-state index contributed by atoms with van der Waals surface area (Å²) in [5, 5.41) is 0. The Labute approximate surface area is 111 Å². The van der Waals surface area contributed by atoms with E-state index in [-0.39, 0.29) is 0 Å². The van der Waals surface area contributed by atoms with Gasteiger partial charge in [-0.25, -0.2) is 0 Å². The van der Waals surface area contributed by atoms with E-state index in [9.17, 15) is 0 Å². The van der Waals surface area contributed by atoms with Gasteiger partial charge in [-0.15, -0.1) is 6.58 Å². The van der Waals surface area contributed by atoms with E-state index in [0.717, 1.165) is 25.3 Å². The fourth-order valence-electron chi connectivity index (χ4n) is 2.16. The normalized spacial score (nSPS) is 12.6. The molecule has 2 N–H and O–H groups in total. The van der Waals surface area contributed by atoms with Crippen LogP contribution in [0.5, 0.6) is 0 Å². The molecule has 2 nitrogen and oxygen atoms in total. The van der Waals surface area contributed by atoms with E-state index >= 15 is 0 Å². The first-order chi connectivity index (χ1) is 8.67. The van der Waals surface area contributed by atoms with Crippen molar-refractivity contribution in [2.75, 3.05) is 25.4 Å². The molecular formula is C16H26N2. The topological polar surface area (TPSA) is 29.3 Å². The molecule has 0 bridgehead atoms. The standard InChI is InChI=1S/C16H26N2/c1-4-11-18(12-5-2)13-10-14(3)15-6-8-16(17)9-7-15/h4,6-9,14H,1,5,10-13,17H2,2-3H3. The molecule has 2 heteroatoms. The Bertz CT molecular complexity index is 343. The monoisotopic (exact) mass is 246 g/mol. The molecule has 100 valence electrons. The predicted molar refractivity (Wildman–Crippen MR) is 80.8 cm³/mol. The van der Waals surface area contributed by atoms with E-state index < -0.39 is 0 Å². The van der Waals surface area contributed by atoms with Crippen LogP contribution in [0.2, 0.25) is 0 Å². The first-order valence-corrected chi connectivity index (χ1v) is 6.86. The third kappa shape index (κ3) is 4.92. The van der Waals surface area contributed by atoms with Gasteiger partial charge in [-0.3, -0.25) is 4.90 Å². The van der Waals surface area contributed by atoms with Crippen LogP contribution in [0.25, 0.3) is 0 Å².